The SMILES string of the molecule is Nc1ccc2cc(SOOO)c(N=Nc3cc([N+](=O)[O-])ccc3O)c(O)c2c1.O=[N+]([O-])c1ccc2c(N=Nc3c(O)ccc4ccccc34)c(O)cc(SOOO)c2c1.[Cr]. The Kier molecular flexibility index (Phi) is 14.7. The van der Waals surface area contributed by atoms with E-state index in [1.807, 2.05) is 12.1 Å². The number of rotatable bonds is 12. The third-order valence-corrected chi connectivity index (χ3v) is 9.45. The van der Waals surface area contributed by atoms with Gasteiger partial charge in [0, 0.05) is 68.9 Å². The molecule has 7 rings (SSSR count). The number of fused-ring (bicyclic) bond motifs is 3. The van der Waals surface area contributed by atoms with E-state index in [0.29, 0.717) is 56.7 Å². The van der Waals surface area contributed by atoms with Crippen LogP contribution in [0.1, 0.15) is 0 Å². The van der Waals surface area contributed by atoms with Crippen LogP contribution in [0.3, 0.4) is 0 Å². The summed E-state index contributed by atoms with van der Waals surface area (Å²) >= 11 is 1.08. The smallest absolute Gasteiger partial charge is 0.271 e. The van der Waals surface area contributed by atoms with Crippen molar-refractivity contribution in [2.45, 2.75) is 9.79 Å². The molecular weight excluding hydrogens is 871 g/mol. The molecule has 0 fully saturated rings. The first-order valence-corrected chi connectivity index (χ1v) is 17.7. The Balaban J connectivity index is 0.000000225. The van der Waals surface area contributed by atoms with Crippen molar-refractivity contribution in [2.24, 2.45) is 20.5 Å². The molecule has 0 unspecified atom stereocenters. The Hall–Kier alpha value is -6.69. The van der Waals surface area contributed by atoms with E-state index >= 15 is 0 Å². The number of azo groups is 2. The molecule has 0 amide bonds. The number of nitro benzene ring substituents is 2. The second-order valence-electron chi connectivity index (χ2n) is 11.7. The maximum Gasteiger partial charge on any atom is 0.271 e. The van der Waals surface area contributed by atoms with Crippen molar-refractivity contribution < 1.29 is 76.9 Å². The van der Waals surface area contributed by atoms with Crippen molar-refractivity contribution in [3.8, 4) is 23.0 Å². The largest absolute Gasteiger partial charge is 0.506 e. The zero-order chi connectivity index (χ0) is 42.2. The number of hydrogen-bond donors (Lipinski definition) is 7. The number of aromatic hydroxyl groups is 4. The molecule has 306 valence electrons. The van der Waals surface area contributed by atoms with Crippen molar-refractivity contribution in [3.63, 3.8) is 0 Å². The van der Waals surface area contributed by atoms with Crippen molar-refractivity contribution in [1.82, 2.24) is 0 Å². The Bertz CT molecular complexity index is 2820. The van der Waals surface area contributed by atoms with E-state index < -0.39 is 9.85 Å². The maximum absolute atomic E-state index is 11.2. The summed E-state index contributed by atoms with van der Waals surface area (Å²) < 4.78 is 8.83. The molecule has 0 bridgehead atoms. The van der Waals surface area contributed by atoms with Crippen LogP contribution in [-0.4, -0.2) is 40.8 Å². The Morgan fingerprint density at radius 1 is 0.550 bits per heavy atom. The van der Waals surface area contributed by atoms with Crippen molar-refractivity contribution in [3.05, 3.63) is 123 Å². The fourth-order valence-corrected chi connectivity index (χ4v) is 6.54. The summed E-state index contributed by atoms with van der Waals surface area (Å²) in [6.07, 6.45) is 0. The number of phenolic OH excluding ortho intramolecular Hbond substituents is 4. The topological polar surface area (TPSA) is 320 Å². The van der Waals surface area contributed by atoms with Gasteiger partial charge in [0.15, 0.2) is 5.75 Å². The molecule has 0 aliphatic rings. The van der Waals surface area contributed by atoms with Gasteiger partial charge in [-0.3, -0.25) is 20.2 Å². The maximum atomic E-state index is 11.2. The molecule has 7 aromatic rings. The van der Waals surface area contributed by atoms with Gasteiger partial charge < -0.3 is 26.2 Å². The van der Waals surface area contributed by atoms with E-state index in [0.717, 1.165) is 23.6 Å². The van der Waals surface area contributed by atoms with Crippen LogP contribution in [0.25, 0.3) is 32.3 Å². The minimum Gasteiger partial charge on any atom is -0.506 e. The van der Waals surface area contributed by atoms with E-state index in [4.69, 9.17) is 16.2 Å². The van der Waals surface area contributed by atoms with E-state index in [1.165, 1.54) is 36.4 Å². The molecule has 0 saturated heterocycles. The fourth-order valence-electron chi connectivity index (χ4n) is 5.52. The van der Waals surface area contributed by atoms with Gasteiger partial charge in [0.05, 0.1) is 43.7 Å². The number of benzene rings is 7. The van der Waals surface area contributed by atoms with E-state index in [-0.39, 0.29) is 84.3 Å². The number of nitro groups is 2. The molecule has 0 heterocycles. The Morgan fingerprint density at radius 3 is 1.85 bits per heavy atom. The molecule has 21 nitrogen and oxygen atoms in total. The van der Waals surface area contributed by atoms with Crippen LogP contribution in [0.2, 0.25) is 0 Å². The number of hydrogen-bond acceptors (Lipinski definition) is 21. The van der Waals surface area contributed by atoms with Crippen molar-refractivity contribution in [2.75, 3.05) is 5.73 Å². The first kappa shape index (κ1) is 44.4. The Labute approximate surface area is 354 Å². The third-order valence-electron chi connectivity index (χ3n) is 8.19. The van der Waals surface area contributed by atoms with Gasteiger partial charge in [0.1, 0.15) is 40.0 Å². The van der Waals surface area contributed by atoms with Gasteiger partial charge in [0.25, 0.3) is 11.4 Å². The summed E-state index contributed by atoms with van der Waals surface area (Å²) in [7, 11) is 0. The summed E-state index contributed by atoms with van der Waals surface area (Å²) in [6, 6.07) is 25.3. The standard InChI is InChI=1S/C20H13N3O7S.C16H12N4O7S.Cr/c24-16-8-5-11-3-1-2-4-13(11)19(16)21-22-20-14-7-6-12(23(26)27)9-15(14)18(10-17(20)25)31-30-29-28;17-9-2-1-8-5-14(28-27-26-25)15(16(22)11(8)6-9)19-18-12-7-10(20(23)24)3-4-13(12)21;/h1-10,24-25,28H;1-7,21-22,25H,17H2;. The first-order valence-electron chi connectivity index (χ1n) is 16.2. The van der Waals surface area contributed by atoms with Crippen LogP contribution in [-0.2, 0) is 36.1 Å². The minimum absolute atomic E-state index is 0. The number of phenols is 4. The second-order valence-corrected chi connectivity index (χ2v) is 13.2. The zero-order valence-electron chi connectivity index (χ0n) is 29.7. The molecule has 7 aromatic carbocycles. The van der Waals surface area contributed by atoms with Crippen LogP contribution in [0.15, 0.2) is 133 Å². The summed E-state index contributed by atoms with van der Waals surface area (Å²) in [4.78, 5) is 21.3. The number of anilines is 1. The summed E-state index contributed by atoms with van der Waals surface area (Å²) in [5.41, 5.74) is 5.62. The fraction of sp³-hybridized carbons (Fsp3) is 0. The second kappa shape index (κ2) is 19.8. The molecular formula is C36H25CrN7O14S2. The molecule has 0 atom stereocenters. The van der Waals surface area contributed by atoms with Gasteiger partial charge in [-0.15, -0.1) is 29.1 Å². The van der Waals surface area contributed by atoms with Crippen LogP contribution in [0.4, 0.5) is 39.8 Å². The van der Waals surface area contributed by atoms with Gasteiger partial charge in [-0.1, -0.05) is 46.5 Å². The Morgan fingerprint density at radius 2 is 1.15 bits per heavy atom. The molecule has 60 heavy (non-hydrogen) atoms. The average Bonchev–Trinajstić information content (AvgIpc) is 3.22. The molecule has 0 aliphatic heterocycles. The quantitative estimate of drug-likeness (QED) is 0.0150. The van der Waals surface area contributed by atoms with E-state index in [9.17, 15) is 40.7 Å². The predicted octanol–water partition coefficient (Wildman–Crippen LogP) is 10.7. The number of nitrogens with zero attached hydrogens (tertiary/aromatic N) is 6. The van der Waals surface area contributed by atoms with Crippen LogP contribution < -0.4 is 5.73 Å². The minimum atomic E-state index is -0.650. The van der Waals surface area contributed by atoms with Crippen molar-refractivity contribution in [1.29, 1.82) is 0 Å². The van der Waals surface area contributed by atoms with Gasteiger partial charge in [-0.25, -0.2) is 10.5 Å². The monoisotopic (exact) mass is 895 g/mol. The molecule has 0 aromatic heterocycles. The first-order chi connectivity index (χ1) is 28.4. The van der Waals surface area contributed by atoms with Crippen molar-refractivity contribution >= 4 is 96.2 Å². The summed E-state index contributed by atoms with van der Waals surface area (Å²) in [6.45, 7) is 0. The van der Waals surface area contributed by atoms with Crippen LogP contribution in [0.5, 0.6) is 23.0 Å². The summed E-state index contributed by atoms with van der Waals surface area (Å²) in [5.74, 6) is -1.04. The molecule has 0 saturated carbocycles. The average molecular weight is 896 g/mol. The predicted molar refractivity (Wildman–Crippen MR) is 212 cm³/mol. The van der Waals surface area contributed by atoms with Gasteiger partial charge >= 0.3 is 0 Å². The van der Waals surface area contributed by atoms with Gasteiger partial charge in [-0.2, -0.15) is 0 Å². The van der Waals surface area contributed by atoms with E-state index in [1.54, 1.807) is 36.4 Å². The van der Waals surface area contributed by atoms with E-state index in [2.05, 4.69) is 39.2 Å². The van der Waals surface area contributed by atoms with Gasteiger partial charge in [0.2, 0.25) is 0 Å². The zero-order valence-corrected chi connectivity index (χ0v) is 32.7. The van der Waals surface area contributed by atoms with Crippen LogP contribution in [0, 0.1) is 20.2 Å². The van der Waals surface area contributed by atoms with Gasteiger partial charge in [-0.05, 0) is 53.2 Å². The van der Waals surface area contributed by atoms with Crippen LogP contribution >= 0.6 is 24.1 Å². The number of nitrogens with two attached hydrogens (primary N) is 1. The third kappa shape index (κ3) is 9.94. The molecule has 24 heteroatoms. The molecule has 0 spiro atoms. The molecule has 8 N–H and O–H groups in total. The normalized spacial score (nSPS) is 11.2. The molecule has 0 radical (unpaired) electrons. The number of non-ortho nitro benzene ring substituents is 2. The number of nitrogen functional groups attached to an aromatic ring is 1. The summed E-state index contributed by atoms with van der Waals surface area (Å²) in [5, 5.41) is 106. The molecule has 0 aliphatic carbocycles.